The van der Waals surface area contributed by atoms with Crippen molar-refractivity contribution in [3.63, 3.8) is 0 Å². The molecule has 90 valence electrons. The van der Waals surface area contributed by atoms with E-state index in [9.17, 15) is 4.80 Å². The summed E-state index contributed by atoms with van der Waals surface area (Å²) < 4.78 is 11.6. The van der Waals surface area contributed by atoms with E-state index in [1.807, 2.05) is 31.3 Å². The third-order valence-electron chi connectivity index (χ3n) is 1.92. The highest BCUT2D eigenvalue weighted by molar-refractivity contribution is 6.81. The molecule has 0 amide bonds. The fraction of sp³-hybridized carbons (Fsp3) is 0.400. The molecule has 16 heavy (non-hydrogen) atoms. The van der Waals surface area contributed by atoms with Crippen molar-refractivity contribution in [3.8, 4) is 0 Å². The minimum Gasteiger partial charge on any atom is -0.438 e. The Balaban J connectivity index is 2.48. The average Bonchev–Trinajstić information content (AvgIpc) is 2.13. The highest BCUT2D eigenvalue weighted by Crippen LogP contribution is 2.12. The van der Waals surface area contributed by atoms with Gasteiger partial charge in [-0.05, 0) is 31.4 Å². The Morgan fingerprint density at radius 3 is 2.12 bits per heavy atom. The van der Waals surface area contributed by atoms with E-state index in [-0.39, 0.29) is 0 Å². The van der Waals surface area contributed by atoms with E-state index in [0.717, 1.165) is 0 Å². The Labute approximate surface area is 102 Å². The molecule has 0 atom stereocenters. The van der Waals surface area contributed by atoms with Crippen LogP contribution in [-0.2, 0) is 8.23 Å². The fourth-order valence-corrected chi connectivity index (χ4v) is 9.56. The molecule has 3 nitrogen and oxygen atoms in total. The van der Waals surface area contributed by atoms with E-state index in [0.29, 0.717) is 0 Å². The van der Waals surface area contributed by atoms with Crippen LogP contribution in [-0.4, -0.2) is 31.7 Å². The summed E-state index contributed by atoms with van der Waals surface area (Å²) in [5.41, 5.74) is 0. The van der Waals surface area contributed by atoms with Crippen molar-refractivity contribution < 1.29 is 13.0 Å². The predicted octanol–water partition coefficient (Wildman–Crippen LogP) is 0.825. The Morgan fingerprint density at radius 1 is 1.06 bits per heavy atom. The summed E-state index contributed by atoms with van der Waals surface area (Å²) in [4.78, 5) is 9.74. The van der Waals surface area contributed by atoms with Gasteiger partial charge in [0.2, 0.25) is 0 Å². The molecule has 0 bridgehead atoms. The van der Waals surface area contributed by atoms with Crippen molar-refractivity contribution in [2.24, 2.45) is 0 Å². The Morgan fingerprint density at radius 2 is 1.62 bits per heavy atom. The average molecular weight is 273 g/mol. The van der Waals surface area contributed by atoms with Gasteiger partial charge in [0.25, 0.3) is 0 Å². The lowest BCUT2D eigenvalue weighted by Gasteiger charge is -2.29. The second kappa shape index (κ2) is 5.39. The Kier molecular flexibility index (Phi) is 4.65. The van der Waals surface area contributed by atoms with Gasteiger partial charge in [-0.15, -0.1) is 0 Å². The van der Waals surface area contributed by atoms with E-state index < -0.39 is 26.9 Å². The van der Waals surface area contributed by atoms with Gasteiger partial charge in [0.15, 0.2) is 9.76 Å². The molecule has 0 aliphatic heterocycles. The van der Waals surface area contributed by atoms with Crippen LogP contribution in [0.15, 0.2) is 30.3 Å². The van der Waals surface area contributed by atoms with Crippen LogP contribution in [0.5, 0.6) is 0 Å². The van der Waals surface area contributed by atoms with E-state index >= 15 is 0 Å². The van der Waals surface area contributed by atoms with Gasteiger partial charge < -0.3 is 13.0 Å². The van der Waals surface area contributed by atoms with Crippen molar-refractivity contribution in [1.29, 1.82) is 0 Å². The molecule has 1 rings (SSSR count). The molecule has 0 heterocycles. The van der Waals surface area contributed by atoms with Gasteiger partial charge in [0.1, 0.15) is 0 Å². The molecule has 0 saturated heterocycles. The zero-order valence-electron chi connectivity index (χ0n) is 10.4. The van der Waals surface area contributed by atoms with Crippen molar-refractivity contribution in [3.05, 3.63) is 30.3 Å². The third kappa shape index (κ3) is 5.73. The van der Waals surface area contributed by atoms with Crippen LogP contribution in [0.25, 0.3) is 0 Å². The fourth-order valence-electron chi connectivity index (χ4n) is 1.46. The topological polar surface area (TPSA) is 38.7 Å². The summed E-state index contributed by atoms with van der Waals surface area (Å²) in [6.45, 7) is 7.53. The zero-order chi connectivity index (χ0) is 12.2. The number of hydrogen-bond donors (Lipinski definition) is 1. The molecule has 1 aromatic carbocycles. The van der Waals surface area contributed by atoms with E-state index in [1.54, 1.807) is 13.1 Å². The van der Waals surface area contributed by atoms with Gasteiger partial charge in [-0.2, -0.15) is 0 Å². The van der Waals surface area contributed by atoms with Gasteiger partial charge in [-0.1, -0.05) is 30.3 Å². The largest absolute Gasteiger partial charge is 0.438 e. The number of rotatable bonds is 5. The minimum absolute atomic E-state index is 0.737. The SMILES string of the molecule is C[Si](C)(O)O[Si](C)(C)O[SiH2]c1ccccc1. The molecule has 0 spiro atoms. The summed E-state index contributed by atoms with van der Waals surface area (Å²) in [6, 6.07) is 10.2. The van der Waals surface area contributed by atoms with Crippen molar-refractivity contribution in [1.82, 2.24) is 0 Å². The van der Waals surface area contributed by atoms with E-state index in [4.69, 9.17) is 8.23 Å². The molecule has 0 fully saturated rings. The molecule has 0 saturated carbocycles. The van der Waals surface area contributed by atoms with Gasteiger partial charge in [0.05, 0.1) is 0 Å². The summed E-state index contributed by atoms with van der Waals surface area (Å²) >= 11 is 0. The second-order valence-corrected chi connectivity index (χ2v) is 13.5. The smallest absolute Gasteiger partial charge is 0.320 e. The van der Waals surface area contributed by atoms with Crippen molar-refractivity contribution in [2.45, 2.75) is 26.2 Å². The first-order chi connectivity index (χ1) is 7.29. The van der Waals surface area contributed by atoms with Crippen molar-refractivity contribution >= 4 is 32.1 Å². The molecule has 6 heteroatoms. The maximum absolute atomic E-state index is 9.74. The normalized spacial score (nSPS) is 13.6. The van der Waals surface area contributed by atoms with E-state index in [1.165, 1.54) is 5.19 Å². The van der Waals surface area contributed by atoms with Crippen LogP contribution in [0.3, 0.4) is 0 Å². The van der Waals surface area contributed by atoms with Gasteiger partial charge in [-0.25, -0.2) is 0 Å². The maximum Gasteiger partial charge on any atom is 0.320 e. The van der Waals surface area contributed by atoms with Crippen LogP contribution in [0.1, 0.15) is 0 Å². The van der Waals surface area contributed by atoms with Crippen LogP contribution in [0.2, 0.25) is 26.2 Å². The van der Waals surface area contributed by atoms with Crippen LogP contribution in [0.4, 0.5) is 0 Å². The number of hydrogen-bond acceptors (Lipinski definition) is 3. The third-order valence-corrected chi connectivity index (χ3v) is 10.1. The first-order valence-corrected chi connectivity index (χ1v) is 12.3. The molecular weight excluding hydrogens is 252 g/mol. The summed E-state index contributed by atoms with van der Waals surface area (Å²) in [6.07, 6.45) is 0. The van der Waals surface area contributed by atoms with Gasteiger partial charge in [0, 0.05) is 0 Å². The molecule has 0 aromatic heterocycles. The lowest BCUT2D eigenvalue weighted by atomic mass is 10.4. The lowest BCUT2D eigenvalue weighted by Crippen LogP contribution is -2.48. The molecule has 1 N–H and O–H groups in total. The Bertz CT molecular complexity index is 322. The van der Waals surface area contributed by atoms with Gasteiger partial charge in [-0.3, -0.25) is 0 Å². The quantitative estimate of drug-likeness (QED) is 0.807. The first-order valence-electron chi connectivity index (χ1n) is 5.39. The zero-order valence-corrected chi connectivity index (χ0v) is 13.8. The lowest BCUT2D eigenvalue weighted by molar-refractivity contribution is 0.334. The molecule has 1 aromatic rings. The van der Waals surface area contributed by atoms with Crippen molar-refractivity contribution in [2.75, 3.05) is 0 Å². The molecule has 0 aliphatic rings. The summed E-state index contributed by atoms with van der Waals surface area (Å²) in [5.74, 6) is 0. The van der Waals surface area contributed by atoms with Gasteiger partial charge >= 0.3 is 17.1 Å². The molecule has 0 radical (unpaired) electrons. The van der Waals surface area contributed by atoms with Crippen LogP contribution in [0, 0.1) is 0 Å². The predicted molar refractivity (Wildman–Crippen MR) is 74.0 cm³/mol. The maximum atomic E-state index is 9.74. The minimum atomic E-state index is -2.47. The highest BCUT2D eigenvalue weighted by Gasteiger charge is 2.33. The Hall–Kier alpha value is -0.249. The summed E-state index contributed by atoms with van der Waals surface area (Å²) in [5, 5.41) is 1.27. The standard InChI is InChI=1S/C10H20O3Si3/c1-15(2,11)13-16(3,4)12-14-10-8-6-5-7-9-10/h5-9,11H,14H2,1-4H3. The molecular formula is C10H20O3Si3. The summed E-state index contributed by atoms with van der Waals surface area (Å²) in [7, 11) is -5.36. The highest BCUT2D eigenvalue weighted by atomic mass is 28.5. The van der Waals surface area contributed by atoms with E-state index in [2.05, 4.69) is 12.1 Å². The van der Waals surface area contributed by atoms with Crippen LogP contribution >= 0.6 is 0 Å². The van der Waals surface area contributed by atoms with Crippen LogP contribution < -0.4 is 5.19 Å². The second-order valence-electron chi connectivity index (χ2n) is 4.72. The molecule has 0 aliphatic carbocycles. The number of benzene rings is 1. The molecule has 0 unspecified atom stereocenters. The first kappa shape index (κ1) is 13.8. The monoisotopic (exact) mass is 272 g/mol.